The summed E-state index contributed by atoms with van der Waals surface area (Å²) in [5, 5.41) is 3.89. The number of anilines is 1. The lowest BCUT2D eigenvalue weighted by atomic mass is 10.1. The minimum atomic E-state index is -0.0916. The van der Waals surface area contributed by atoms with E-state index < -0.39 is 0 Å². The van der Waals surface area contributed by atoms with E-state index in [-0.39, 0.29) is 7.92 Å². The van der Waals surface area contributed by atoms with Gasteiger partial charge in [-0.3, -0.25) is 0 Å². The number of fused-ring (bicyclic) bond motifs is 1. The third kappa shape index (κ3) is 1.49. The van der Waals surface area contributed by atoms with Gasteiger partial charge in [0.05, 0.1) is 0 Å². The number of hydrogen-bond acceptors (Lipinski definition) is 1. The van der Waals surface area contributed by atoms with Crippen LogP contribution in [0.25, 0.3) is 10.8 Å². The van der Waals surface area contributed by atoms with E-state index in [4.69, 9.17) is 5.73 Å². The van der Waals surface area contributed by atoms with E-state index in [2.05, 4.69) is 37.6 Å². The van der Waals surface area contributed by atoms with Gasteiger partial charge in [0.25, 0.3) is 0 Å². The largest absolute Gasteiger partial charge is 0.398 e. The van der Waals surface area contributed by atoms with Gasteiger partial charge in [-0.1, -0.05) is 38.3 Å². The molecular weight excluding hydrogens is 189 g/mol. The zero-order chi connectivity index (χ0) is 10.1. The molecule has 2 heteroatoms. The summed E-state index contributed by atoms with van der Waals surface area (Å²) in [5.41, 5.74) is 6.90. The number of hydrogen-bond donors (Lipinski definition) is 1. The summed E-state index contributed by atoms with van der Waals surface area (Å²) >= 11 is 0. The summed E-state index contributed by atoms with van der Waals surface area (Å²) in [5.74, 6) is 0. The smallest absolute Gasteiger partial charge is 0.0400 e. The lowest BCUT2D eigenvalue weighted by Gasteiger charge is -2.11. The maximum absolute atomic E-state index is 6.01. The lowest BCUT2D eigenvalue weighted by Crippen LogP contribution is -2.03. The topological polar surface area (TPSA) is 26.0 Å². The molecular formula is C12H14NP. The van der Waals surface area contributed by atoms with Crippen molar-refractivity contribution < 1.29 is 0 Å². The van der Waals surface area contributed by atoms with E-state index in [1.54, 1.807) is 0 Å². The molecule has 0 saturated heterocycles. The van der Waals surface area contributed by atoms with Gasteiger partial charge in [-0.05, 0) is 30.1 Å². The van der Waals surface area contributed by atoms with Crippen LogP contribution >= 0.6 is 7.92 Å². The quantitative estimate of drug-likeness (QED) is 0.559. The Labute approximate surface area is 85.7 Å². The predicted molar refractivity (Wildman–Crippen MR) is 66.8 cm³/mol. The standard InChI is InChI=1S/C12H14NP/c1-14(2)11-8-4-6-9-5-3-7-10(13)12(9)11/h3-8H,13H2,1-2H3. The molecule has 0 aliphatic rings. The Morgan fingerprint density at radius 3 is 2.29 bits per heavy atom. The van der Waals surface area contributed by atoms with Crippen molar-refractivity contribution in [1.29, 1.82) is 0 Å². The van der Waals surface area contributed by atoms with Gasteiger partial charge in [-0.2, -0.15) is 0 Å². The number of nitrogen functional groups attached to an aromatic ring is 1. The molecule has 72 valence electrons. The first-order chi connectivity index (χ1) is 6.70. The monoisotopic (exact) mass is 203 g/mol. The summed E-state index contributed by atoms with van der Waals surface area (Å²) in [6, 6.07) is 12.5. The highest BCUT2D eigenvalue weighted by molar-refractivity contribution is 7.64. The van der Waals surface area contributed by atoms with E-state index in [0.717, 1.165) is 5.69 Å². The van der Waals surface area contributed by atoms with Crippen LogP contribution in [-0.2, 0) is 0 Å². The van der Waals surface area contributed by atoms with Gasteiger partial charge in [0.15, 0.2) is 0 Å². The van der Waals surface area contributed by atoms with Gasteiger partial charge in [-0.15, -0.1) is 0 Å². The zero-order valence-electron chi connectivity index (χ0n) is 8.49. The minimum absolute atomic E-state index is 0.0916. The molecule has 0 amide bonds. The van der Waals surface area contributed by atoms with Gasteiger partial charge >= 0.3 is 0 Å². The fourth-order valence-electron chi connectivity index (χ4n) is 1.72. The Hall–Kier alpha value is -1.07. The maximum atomic E-state index is 6.01. The second-order valence-corrected chi connectivity index (χ2v) is 5.89. The third-order valence-electron chi connectivity index (χ3n) is 2.40. The van der Waals surface area contributed by atoms with Crippen LogP contribution in [0.2, 0.25) is 0 Å². The van der Waals surface area contributed by atoms with Crippen LogP contribution in [0.3, 0.4) is 0 Å². The van der Waals surface area contributed by atoms with Gasteiger partial charge in [0, 0.05) is 11.1 Å². The highest BCUT2D eigenvalue weighted by Crippen LogP contribution is 2.31. The zero-order valence-corrected chi connectivity index (χ0v) is 9.38. The molecule has 0 atom stereocenters. The first kappa shape index (κ1) is 9.48. The summed E-state index contributed by atoms with van der Waals surface area (Å²) < 4.78 is 0. The molecule has 0 fully saturated rings. The summed E-state index contributed by atoms with van der Waals surface area (Å²) in [6.07, 6.45) is 0. The number of benzene rings is 2. The van der Waals surface area contributed by atoms with Gasteiger partial charge in [-0.25, -0.2) is 0 Å². The van der Waals surface area contributed by atoms with Crippen LogP contribution in [0, 0.1) is 0 Å². The van der Waals surface area contributed by atoms with Crippen molar-refractivity contribution in [2.45, 2.75) is 0 Å². The Balaban J connectivity index is 2.84. The van der Waals surface area contributed by atoms with Crippen molar-refractivity contribution in [2.75, 3.05) is 19.1 Å². The molecule has 0 aliphatic carbocycles. The average molecular weight is 203 g/mol. The molecule has 0 aromatic heterocycles. The fourth-order valence-corrected chi connectivity index (χ4v) is 2.81. The van der Waals surface area contributed by atoms with E-state index in [9.17, 15) is 0 Å². The molecule has 2 rings (SSSR count). The second kappa shape index (κ2) is 3.59. The minimum Gasteiger partial charge on any atom is -0.398 e. The Bertz CT molecular complexity index is 458. The van der Waals surface area contributed by atoms with Gasteiger partial charge < -0.3 is 5.73 Å². The van der Waals surface area contributed by atoms with Crippen LogP contribution in [-0.4, -0.2) is 13.3 Å². The highest BCUT2D eigenvalue weighted by atomic mass is 31.1. The fraction of sp³-hybridized carbons (Fsp3) is 0.167. The molecule has 0 heterocycles. The number of nitrogens with two attached hydrogens (primary N) is 1. The van der Waals surface area contributed by atoms with Gasteiger partial charge in [0.1, 0.15) is 0 Å². The van der Waals surface area contributed by atoms with Crippen LogP contribution in [0.1, 0.15) is 0 Å². The van der Waals surface area contributed by atoms with E-state index in [1.165, 1.54) is 16.1 Å². The van der Waals surface area contributed by atoms with Crippen molar-refractivity contribution in [3.63, 3.8) is 0 Å². The molecule has 0 aliphatic heterocycles. The molecule has 0 radical (unpaired) electrons. The summed E-state index contributed by atoms with van der Waals surface area (Å²) in [7, 11) is -0.0916. The molecule has 0 saturated carbocycles. The first-order valence-electron chi connectivity index (χ1n) is 4.64. The number of rotatable bonds is 1. The molecule has 2 aromatic carbocycles. The molecule has 2 N–H and O–H groups in total. The van der Waals surface area contributed by atoms with Crippen LogP contribution in [0.4, 0.5) is 5.69 Å². The van der Waals surface area contributed by atoms with Crippen LogP contribution in [0.5, 0.6) is 0 Å². The van der Waals surface area contributed by atoms with Crippen molar-refractivity contribution in [3.8, 4) is 0 Å². The third-order valence-corrected chi connectivity index (χ3v) is 3.73. The highest BCUT2D eigenvalue weighted by Gasteiger charge is 2.06. The van der Waals surface area contributed by atoms with E-state index in [1.807, 2.05) is 12.1 Å². The van der Waals surface area contributed by atoms with Crippen molar-refractivity contribution in [3.05, 3.63) is 36.4 Å². The SMILES string of the molecule is CP(C)c1cccc2cccc(N)c12. The van der Waals surface area contributed by atoms with Crippen molar-refractivity contribution in [1.82, 2.24) is 0 Å². The molecule has 0 spiro atoms. The average Bonchev–Trinajstić information content (AvgIpc) is 2.17. The predicted octanol–water partition coefficient (Wildman–Crippen LogP) is 2.79. The van der Waals surface area contributed by atoms with E-state index >= 15 is 0 Å². The summed E-state index contributed by atoms with van der Waals surface area (Å²) in [6.45, 7) is 4.52. The molecule has 14 heavy (non-hydrogen) atoms. The molecule has 0 bridgehead atoms. The molecule has 2 aromatic rings. The Morgan fingerprint density at radius 2 is 1.64 bits per heavy atom. The second-order valence-electron chi connectivity index (χ2n) is 3.62. The Kier molecular flexibility index (Phi) is 2.43. The lowest BCUT2D eigenvalue weighted by molar-refractivity contribution is 1.75. The Morgan fingerprint density at radius 1 is 1.00 bits per heavy atom. The van der Waals surface area contributed by atoms with Crippen LogP contribution in [0.15, 0.2) is 36.4 Å². The molecule has 1 nitrogen and oxygen atoms in total. The first-order valence-corrected chi connectivity index (χ1v) is 6.88. The van der Waals surface area contributed by atoms with Crippen molar-refractivity contribution in [2.24, 2.45) is 0 Å². The van der Waals surface area contributed by atoms with Crippen LogP contribution < -0.4 is 11.0 Å². The molecule has 0 unspecified atom stereocenters. The van der Waals surface area contributed by atoms with E-state index in [0.29, 0.717) is 0 Å². The maximum Gasteiger partial charge on any atom is 0.0400 e. The summed E-state index contributed by atoms with van der Waals surface area (Å²) in [4.78, 5) is 0. The normalized spacial score (nSPS) is 11.1. The van der Waals surface area contributed by atoms with Crippen molar-refractivity contribution >= 4 is 29.7 Å². The van der Waals surface area contributed by atoms with Gasteiger partial charge in [0.2, 0.25) is 0 Å².